The zero-order valence-corrected chi connectivity index (χ0v) is 9.43. The molecule has 1 nitrogen and oxygen atoms in total. The maximum Gasteiger partial charge on any atom is 0.0461 e. The molecular formula is C16H13N. The lowest BCUT2D eigenvalue weighted by molar-refractivity contribution is 0.696. The van der Waals surface area contributed by atoms with Crippen molar-refractivity contribution in [2.75, 3.05) is 0 Å². The zero-order valence-electron chi connectivity index (χ0n) is 9.43. The Bertz CT molecular complexity index is 670. The number of H-pyrrole nitrogens is 1. The van der Waals surface area contributed by atoms with Crippen LogP contribution in [0, 0.1) is 5.92 Å². The summed E-state index contributed by atoms with van der Waals surface area (Å²) in [5.41, 5.74) is 3.96. The van der Waals surface area contributed by atoms with Crippen LogP contribution in [-0.2, 0) is 0 Å². The molecule has 2 aliphatic carbocycles. The molecule has 0 saturated carbocycles. The topological polar surface area (TPSA) is 15.8 Å². The van der Waals surface area contributed by atoms with Crippen molar-refractivity contribution in [3.63, 3.8) is 0 Å². The van der Waals surface area contributed by atoms with E-state index < -0.39 is 0 Å². The number of rotatable bonds is 0. The minimum Gasteiger partial charge on any atom is -0.355 e. The van der Waals surface area contributed by atoms with Gasteiger partial charge in [0.05, 0.1) is 0 Å². The predicted octanol–water partition coefficient (Wildman–Crippen LogP) is 4.02. The van der Waals surface area contributed by atoms with Gasteiger partial charge < -0.3 is 4.98 Å². The monoisotopic (exact) mass is 219 g/mol. The molecule has 1 heteroatoms. The van der Waals surface area contributed by atoms with Crippen LogP contribution in [0.5, 0.6) is 0 Å². The van der Waals surface area contributed by atoms with Gasteiger partial charge in [0, 0.05) is 28.4 Å². The molecule has 0 amide bonds. The van der Waals surface area contributed by atoms with Gasteiger partial charge >= 0.3 is 0 Å². The van der Waals surface area contributed by atoms with Crippen molar-refractivity contribution < 1.29 is 0 Å². The van der Waals surface area contributed by atoms with E-state index in [-0.39, 0.29) is 0 Å². The third-order valence-electron chi connectivity index (χ3n) is 3.77. The number of benzene rings is 1. The Balaban J connectivity index is 2.04. The van der Waals surface area contributed by atoms with E-state index in [0.29, 0.717) is 11.8 Å². The van der Waals surface area contributed by atoms with Crippen LogP contribution in [0.15, 0.2) is 54.6 Å². The van der Waals surface area contributed by atoms with E-state index in [1.54, 1.807) is 0 Å². The molecule has 0 radical (unpaired) electrons. The first kappa shape index (κ1) is 9.06. The van der Waals surface area contributed by atoms with Crippen molar-refractivity contribution in [1.82, 2.24) is 4.98 Å². The lowest BCUT2D eigenvalue weighted by atomic mass is 9.78. The Morgan fingerprint density at radius 3 is 2.82 bits per heavy atom. The van der Waals surface area contributed by atoms with Crippen LogP contribution in [0.4, 0.5) is 0 Å². The minimum atomic E-state index is 0.496. The van der Waals surface area contributed by atoms with Gasteiger partial charge in [0.2, 0.25) is 0 Å². The molecule has 1 aromatic heterocycles. The molecule has 0 saturated heterocycles. The summed E-state index contributed by atoms with van der Waals surface area (Å²) in [7, 11) is 0. The summed E-state index contributed by atoms with van der Waals surface area (Å²) in [4.78, 5) is 3.50. The molecule has 82 valence electrons. The fourth-order valence-electron chi connectivity index (χ4n) is 2.98. The molecule has 17 heavy (non-hydrogen) atoms. The summed E-state index contributed by atoms with van der Waals surface area (Å²) >= 11 is 0. The summed E-state index contributed by atoms with van der Waals surface area (Å²) in [6.45, 7) is 0. The summed E-state index contributed by atoms with van der Waals surface area (Å²) in [6, 6.07) is 8.57. The maximum atomic E-state index is 3.50. The Morgan fingerprint density at radius 2 is 1.82 bits per heavy atom. The molecular weight excluding hydrogens is 206 g/mol. The molecule has 4 rings (SSSR count). The highest BCUT2D eigenvalue weighted by molar-refractivity contribution is 5.89. The summed E-state index contributed by atoms with van der Waals surface area (Å²) in [5, 5.41) is 1.36. The summed E-state index contributed by atoms with van der Waals surface area (Å²) < 4.78 is 0. The fraction of sp³-hybridized carbons (Fsp3) is 0.125. The predicted molar refractivity (Wildman–Crippen MR) is 71.8 cm³/mol. The van der Waals surface area contributed by atoms with Gasteiger partial charge in [0.15, 0.2) is 0 Å². The Kier molecular flexibility index (Phi) is 1.72. The third kappa shape index (κ3) is 1.19. The first-order valence-electron chi connectivity index (χ1n) is 6.07. The SMILES string of the molecule is C1=CC2C=Cc3[nH]c4ccccc4c3C2C=C1. The van der Waals surface area contributed by atoms with Gasteiger partial charge in [-0.2, -0.15) is 0 Å². The molecule has 1 aromatic carbocycles. The lowest BCUT2D eigenvalue weighted by Crippen LogP contribution is -2.12. The van der Waals surface area contributed by atoms with Crippen molar-refractivity contribution in [3.05, 3.63) is 65.9 Å². The molecule has 2 aliphatic rings. The van der Waals surface area contributed by atoms with E-state index in [1.165, 1.54) is 22.2 Å². The highest BCUT2D eigenvalue weighted by Gasteiger charge is 2.26. The third-order valence-corrected chi connectivity index (χ3v) is 3.77. The number of aromatic amines is 1. The van der Waals surface area contributed by atoms with E-state index in [4.69, 9.17) is 0 Å². The molecule has 0 spiro atoms. The van der Waals surface area contributed by atoms with E-state index >= 15 is 0 Å². The Morgan fingerprint density at radius 1 is 0.941 bits per heavy atom. The molecule has 1 heterocycles. The molecule has 1 N–H and O–H groups in total. The number of para-hydroxylation sites is 1. The van der Waals surface area contributed by atoms with Crippen LogP contribution >= 0.6 is 0 Å². The normalized spacial score (nSPS) is 24.9. The van der Waals surface area contributed by atoms with E-state index in [2.05, 4.69) is 65.7 Å². The van der Waals surface area contributed by atoms with Crippen LogP contribution in [0.2, 0.25) is 0 Å². The van der Waals surface area contributed by atoms with Crippen molar-refractivity contribution in [2.45, 2.75) is 5.92 Å². The second-order valence-corrected chi connectivity index (χ2v) is 4.73. The van der Waals surface area contributed by atoms with E-state index in [9.17, 15) is 0 Å². The molecule has 0 bridgehead atoms. The van der Waals surface area contributed by atoms with Gasteiger partial charge in [-0.25, -0.2) is 0 Å². The molecule has 0 fully saturated rings. The lowest BCUT2D eigenvalue weighted by Gasteiger charge is -2.25. The van der Waals surface area contributed by atoms with Crippen LogP contribution < -0.4 is 0 Å². The second kappa shape index (κ2) is 3.24. The zero-order chi connectivity index (χ0) is 11.2. The van der Waals surface area contributed by atoms with E-state index in [0.717, 1.165) is 0 Å². The van der Waals surface area contributed by atoms with Crippen LogP contribution in [0.3, 0.4) is 0 Å². The first-order valence-corrected chi connectivity index (χ1v) is 6.07. The van der Waals surface area contributed by atoms with E-state index in [1.807, 2.05) is 0 Å². The number of allylic oxidation sites excluding steroid dienone is 5. The van der Waals surface area contributed by atoms with Gasteiger partial charge in [-0.05, 0) is 17.7 Å². The first-order chi connectivity index (χ1) is 8.43. The number of hydrogen-bond acceptors (Lipinski definition) is 0. The standard InChI is InChI=1S/C16H13N/c1-2-6-12-11(5-1)9-10-15-16(12)13-7-3-4-8-14(13)17-15/h1-12,17H. The number of aromatic nitrogens is 1. The van der Waals surface area contributed by atoms with Gasteiger partial charge in [0.25, 0.3) is 0 Å². The van der Waals surface area contributed by atoms with Crippen LogP contribution in [-0.4, -0.2) is 4.98 Å². The quantitative estimate of drug-likeness (QED) is 0.688. The van der Waals surface area contributed by atoms with Gasteiger partial charge in [-0.15, -0.1) is 0 Å². The smallest absolute Gasteiger partial charge is 0.0461 e. The van der Waals surface area contributed by atoms with Gasteiger partial charge in [-0.1, -0.05) is 48.6 Å². The Hall–Kier alpha value is -2.02. The molecule has 2 unspecified atom stereocenters. The molecule has 2 atom stereocenters. The van der Waals surface area contributed by atoms with Gasteiger partial charge in [-0.3, -0.25) is 0 Å². The summed E-state index contributed by atoms with van der Waals surface area (Å²) in [6.07, 6.45) is 13.4. The Labute approximate surface area is 100 Å². The average Bonchev–Trinajstić information content (AvgIpc) is 2.77. The average molecular weight is 219 g/mol. The maximum absolute atomic E-state index is 3.50. The molecule has 0 aliphatic heterocycles. The molecule has 2 aromatic rings. The van der Waals surface area contributed by atoms with Crippen LogP contribution in [0.25, 0.3) is 17.0 Å². The number of fused-ring (bicyclic) bond motifs is 5. The van der Waals surface area contributed by atoms with Crippen molar-refractivity contribution in [1.29, 1.82) is 0 Å². The van der Waals surface area contributed by atoms with Crippen molar-refractivity contribution >= 4 is 17.0 Å². The van der Waals surface area contributed by atoms with Crippen molar-refractivity contribution in [3.8, 4) is 0 Å². The van der Waals surface area contributed by atoms with Gasteiger partial charge in [0.1, 0.15) is 0 Å². The summed E-state index contributed by atoms with van der Waals surface area (Å²) in [5.74, 6) is 1.02. The second-order valence-electron chi connectivity index (χ2n) is 4.73. The number of nitrogens with one attached hydrogen (secondary N) is 1. The highest BCUT2D eigenvalue weighted by atomic mass is 14.7. The highest BCUT2D eigenvalue weighted by Crippen LogP contribution is 2.41. The fourth-order valence-corrected chi connectivity index (χ4v) is 2.98. The largest absolute Gasteiger partial charge is 0.355 e. The minimum absolute atomic E-state index is 0.496. The van der Waals surface area contributed by atoms with Crippen molar-refractivity contribution in [2.24, 2.45) is 5.92 Å². The van der Waals surface area contributed by atoms with Crippen LogP contribution in [0.1, 0.15) is 17.2 Å². The number of hydrogen-bond donors (Lipinski definition) is 1.